The van der Waals surface area contributed by atoms with Crippen molar-refractivity contribution in [3.63, 3.8) is 0 Å². The van der Waals surface area contributed by atoms with E-state index in [2.05, 4.69) is 19.7 Å². The van der Waals surface area contributed by atoms with E-state index in [-0.39, 0.29) is 0 Å². The molecule has 7 heteroatoms. The molecule has 0 atom stereocenters. The average Bonchev–Trinajstić information content (AvgIpc) is 3.07. The number of benzene rings is 1. The third kappa shape index (κ3) is 2.71. The number of hydrogen-bond donors (Lipinski definition) is 0. The minimum Gasteiger partial charge on any atom is -0.497 e. The molecule has 0 fully saturated rings. The van der Waals surface area contributed by atoms with Gasteiger partial charge in [0.2, 0.25) is 5.89 Å². The molecule has 6 nitrogen and oxygen atoms in total. The monoisotopic (exact) mass is 306 g/mol. The molecule has 2 heterocycles. The van der Waals surface area contributed by atoms with Gasteiger partial charge in [-0.05, 0) is 12.1 Å². The molecule has 2 aromatic heterocycles. The SMILES string of the molecule is COc1ccc2nc(CCl)n(CCc3noc(C)n3)c2c1. The zero-order valence-corrected chi connectivity index (χ0v) is 12.6. The lowest BCUT2D eigenvalue weighted by Gasteiger charge is -2.06. The molecule has 0 N–H and O–H groups in total. The number of aromatic nitrogens is 4. The molecule has 0 aliphatic rings. The molecule has 0 aliphatic heterocycles. The third-order valence-electron chi connectivity index (χ3n) is 3.28. The van der Waals surface area contributed by atoms with Gasteiger partial charge < -0.3 is 13.8 Å². The van der Waals surface area contributed by atoms with Crippen LogP contribution in [0, 0.1) is 6.92 Å². The number of ether oxygens (including phenoxy) is 1. The molecule has 3 aromatic rings. The smallest absolute Gasteiger partial charge is 0.223 e. The lowest BCUT2D eigenvalue weighted by atomic mass is 10.3. The molecule has 0 saturated heterocycles. The Morgan fingerprint density at radius 1 is 1.33 bits per heavy atom. The van der Waals surface area contributed by atoms with E-state index in [0.29, 0.717) is 30.6 Å². The fourth-order valence-electron chi connectivity index (χ4n) is 2.29. The van der Waals surface area contributed by atoms with E-state index in [0.717, 1.165) is 22.6 Å². The Balaban J connectivity index is 1.94. The molecule has 0 spiro atoms. The molecule has 21 heavy (non-hydrogen) atoms. The molecule has 0 unspecified atom stereocenters. The van der Waals surface area contributed by atoms with Gasteiger partial charge in [-0.2, -0.15) is 4.98 Å². The second kappa shape index (κ2) is 5.73. The molecule has 110 valence electrons. The average molecular weight is 307 g/mol. The number of nitrogens with zero attached hydrogens (tertiary/aromatic N) is 4. The number of fused-ring (bicyclic) bond motifs is 1. The van der Waals surface area contributed by atoms with Gasteiger partial charge >= 0.3 is 0 Å². The second-order valence-electron chi connectivity index (χ2n) is 4.65. The van der Waals surface area contributed by atoms with Crippen LogP contribution < -0.4 is 4.74 Å². The van der Waals surface area contributed by atoms with Crippen LogP contribution in [0.1, 0.15) is 17.5 Å². The Morgan fingerprint density at radius 2 is 2.19 bits per heavy atom. The molecule has 0 amide bonds. The topological polar surface area (TPSA) is 66.0 Å². The minimum absolute atomic E-state index is 0.349. The number of imidazole rings is 1. The van der Waals surface area contributed by atoms with Crippen molar-refractivity contribution in [1.29, 1.82) is 0 Å². The summed E-state index contributed by atoms with van der Waals surface area (Å²) in [7, 11) is 1.65. The maximum Gasteiger partial charge on any atom is 0.223 e. The first-order valence-corrected chi connectivity index (χ1v) is 7.13. The Labute approximate surface area is 126 Å². The predicted molar refractivity (Wildman–Crippen MR) is 78.6 cm³/mol. The van der Waals surface area contributed by atoms with Gasteiger partial charge in [0, 0.05) is 26.0 Å². The summed E-state index contributed by atoms with van der Waals surface area (Å²) in [6, 6.07) is 5.78. The first kappa shape index (κ1) is 13.9. The van der Waals surface area contributed by atoms with Crippen molar-refractivity contribution in [1.82, 2.24) is 19.7 Å². The zero-order chi connectivity index (χ0) is 14.8. The number of halogens is 1. The van der Waals surface area contributed by atoms with Crippen molar-refractivity contribution < 1.29 is 9.26 Å². The summed E-state index contributed by atoms with van der Waals surface area (Å²) >= 11 is 6.00. The van der Waals surface area contributed by atoms with Crippen molar-refractivity contribution >= 4 is 22.6 Å². The second-order valence-corrected chi connectivity index (χ2v) is 4.91. The molecule has 0 radical (unpaired) electrons. The van der Waals surface area contributed by atoms with Crippen LogP contribution in [-0.4, -0.2) is 26.8 Å². The largest absolute Gasteiger partial charge is 0.497 e. The van der Waals surface area contributed by atoms with E-state index in [1.807, 2.05) is 18.2 Å². The summed E-state index contributed by atoms with van der Waals surface area (Å²) in [4.78, 5) is 8.75. The van der Waals surface area contributed by atoms with Crippen LogP contribution in [-0.2, 0) is 18.8 Å². The van der Waals surface area contributed by atoms with Crippen LogP contribution in [0.2, 0.25) is 0 Å². The van der Waals surface area contributed by atoms with Crippen LogP contribution in [0.4, 0.5) is 0 Å². The van der Waals surface area contributed by atoms with Gasteiger partial charge in [-0.3, -0.25) is 0 Å². The zero-order valence-electron chi connectivity index (χ0n) is 11.8. The number of aryl methyl sites for hydroxylation is 3. The molecular formula is C14H15ClN4O2. The fourth-order valence-corrected chi connectivity index (χ4v) is 2.49. The van der Waals surface area contributed by atoms with Crippen molar-refractivity contribution in [2.24, 2.45) is 0 Å². The highest BCUT2D eigenvalue weighted by molar-refractivity contribution is 6.16. The van der Waals surface area contributed by atoms with E-state index in [4.69, 9.17) is 20.9 Å². The van der Waals surface area contributed by atoms with Gasteiger partial charge in [0.1, 0.15) is 11.6 Å². The van der Waals surface area contributed by atoms with E-state index in [1.165, 1.54) is 0 Å². The maximum atomic E-state index is 6.00. The number of rotatable bonds is 5. The molecule has 1 aromatic carbocycles. The number of alkyl halides is 1. The molecule has 0 saturated carbocycles. The van der Waals surface area contributed by atoms with Gasteiger partial charge in [-0.15, -0.1) is 11.6 Å². The summed E-state index contributed by atoms with van der Waals surface area (Å²) in [5.41, 5.74) is 1.89. The summed E-state index contributed by atoms with van der Waals surface area (Å²) in [5, 5.41) is 3.91. The summed E-state index contributed by atoms with van der Waals surface area (Å²) in [5.74, 6) is 3.21. The van der Waals surface area contributed by atoms with Crippen LogP contribution in [0.15, 0.2) is 22.7 Å². The summed E-state index contributed by atoms with van der Waals surface area (Å²) in [6.07, 6.45) is 0.657. The van der Waals surface area contributed by atoms with Gasteiger partial charge in [0.25, 0.3) is 0 Å². The highest BCUT2D eigenvalue weighted by Crippen LogP contribution is 2.23. The van der Waals surface area contributed by atoms with Crippen LogP contribution >= 0.6 is 11.6 Å². The molecule has 3 rings (SSSR count). The van der Waals surface area contributed by atoms with Gasteiger partial charge in [0.15, 0.2) is 5.82 Å². The Bertz CT molecular complexity index is 766. The molecule has 0 aliphatic carbocycles. The minimum atomic E-state index is 0.349. The first-order valence-electron chi connectivity index (χ1n) is 6.59. The standard InChI is InChI=1S/C14H15ClN4O2/c1-9-16-13(18-21-9)5-6-19-12-7-10(20-2)3-4-11(12)17-14(19)8-15/h3-4,7H,5-6,8H2,1-2H3. The van der Waals surface area contributed by atoms with E-state index in [1.54, 1.807) is 14.0 Å². The normalized spacial score (nSPS) is 11.2. The summed E-state index contributed by atoms with van der Waals surface area (Å²) in [6.45, 7) is 2.46. The number of hydrogen-bond acceptors (Lipinski definition) is 5. The van der Waals surface area contributed by atoms with E-state index >= 15 is 0 Å². The molecule has 0 bridgehead atoms. The van der Waals surface area contributed by atoms with Gasteiger partial charge in [-0.1, -0.05) is 5.16 Å². The van der Waals surface area contributed by atoms with Crippen LogP contribution in [0.5, 0.6) is 5.75 Å². The maximum absolute atomic E-state index is 6.00. The van der Waals surface area contributed by atoms with Crippen molar-refractivity contribution in [3.8, 4) is 5.75 Å². The Morgan fingerprint density at radius 3 is 2.86 bits per heavy atom. The predicted octanol–water partition coefficient (Wildman–Crippen LogP) is 2.72. The molecular weight excluding hydrogens is 292 g/mol. The highest BCUT2D eigenvalue weighted by atomic mass is 35.5. The lowest BCUT2D eigenvalue weighted by molar-refractivity contribution is 0.386. The Kier molecular flexibility index (Phi) is 3.79. The van der Waals surface area contributed by atoms with Gasteiger partial charge in [-0.25, -0.2) is 4.98 Å². The van der Waals surface area contributed by atoms with Crippen molar-refractivity contribution in [3.05, 3.63) is 35.7 Å². The number of methoxy groups -OCH3 is 1. The Hall–Kier alpha value is -2.08. The van der Waals surface area contributed by atoms with E-state index < -0.39 is 0 Å². The van der Waals surface area contributed by atoms with Crippen molar-refractivity contribution in [2.45, 2.75) is 25.8 Å². The van der Waals surface area contributed by atoms with Crippen LogP contribution in [0.3, 0.4) is 0 Å². The highest BCUT2D eigenvalue weighted by Gasteiger charge is 2.12. The third-order valence-corrected chi connectivity index (χ3v) is 3.52. The van der Waals surface area contributed by atoms with Gasteiger partial charge in [0.05, 0.1) is 24.0 Å². The summed E-state index contributed by atoms with van der Waals surface area (Å²) < 4.78 is 12.3. The fraction of sp³-hybridized carbons (Fsp3) is 0.357. The van der Waals surface area contributed by atoms with Crippen LogP contribution in [0.25, 0.3) is 11.0 Å². The first-order chi connectivity index (χ1) is 10.2. The lowest BCUT2D eigenvalue weighted by Crippen LogP contribution is -2.06. The van der Waals surface area contributed by atoms with Crippen molar-refractivity contribution in [2.75, 3.05) is 7.11 Å². The van der Waals surface area contributed by atoms with E-state index in [9.17, 15) is 0 Å². The quantitative estimate of drug-likeness (QED) is 0.678.